The zero-order chi connectivity index (χ0) is 31.4. The van der Waals surface area contributed by atoms with E-state index < -0.39 is 60.0 Å². The number of fused-ring (bicyclic) bond motifs is 1. The van der Waals surface area contributed by atoms with Crippen molar-refractivity contribution in [1.82, 2.24) is 9.55 Å². The van der Waals surface area contributed by atoms with Gasteiger partial charge in [-0.1, -0.05) is 24.3 Å². The summed E-state index contributed by atoms with van der Waals surface area (Å²) < 4.78 is 216. The Morgan fingerprint density at radius 3 is 1.71 bits per heavy atom. The quantitative estimate of drug-likeness (QED) is 0.219. The fourth-order valence-electron chi connectivity index (χ4n) is 3.56. The number of hydrogen-bond acceptors (Lipinski definition) is 1. The second-order valence-corrected chi connectivity index (χ2v) is 8.42. The van der Waals surface area contributed by atoms with Crippen molar-refractivity contribution in [2.45, 2.75) is 48.1 Å². The first kappa shape index (κ1) is 32.0. The molecule has 0 aliphatic carbocycles. The van der Waals surface area contributed by atoms with E-state index in [1.807, 2.05) is 0 Å². The van der Waals surface area contributed by atoms with Crippen molar-refractivity contribution >= 4 is 10.9 Å². The third kappa shape index (κ3) is 4.67. The second kappa shape index (κ2) is 9.82. The van der Waals surface area contributed by atoms with E-state index in [1.165, 1.54) is 54.7 Å². The molecule has 0 aliphatic rings. The van der Waals surface area contributed by atoms with Gasteiger partial charge in [-0.2, -0.15) is 65.9 Å². The Bertz CT molecular complexity index is 1420. The molecule has 0 bridgehead atoms. The maximum atomic E-state index is 14.3. The van der Waals surface area contributed by atoms with Crippen molar-refractivity contribution < 1.29 is 70.2 Å². The molecule has 0 N–H and O–H groups in total. The molecule has 0 amide bonds. The summed E-state index contributed by atoms with van der Waals surface area (Å²) in [4.78, 5) is 3.95. The van der Waals surface area contributed by atoms with Crippen molar-refractivity contribution in [2.75, 3.05) is 0 Å². The minimum absolute atomic E-state index is 0.0496. The van der Waals surface area contributed by atoms with Crippen molar-refractivity contribution in [3.63, 3.8) is 0 Å². The van der Waals surface area contributed by atoms with Gasteiger partial charge >= 0.3 is 41.7 Å². The van der Waals surface area contributed by atoms with Crippen LogP contribution in [0.15, 0.2) is 66.6 Å². The molecule has 0 atom stereocenters. The van der Waals surface area contributed by atoms with Gasteiger partial charge in [0.25, 0.3) is 0 Å². The number of nitrogens with zero attached hydrogens (tertiary/aromatic N) is 2. The van der Waals surface area contributed by atoms with Gasteiger partial charge in [-0.05, 0) is 30.3 Å². The highest BCUT2D eigenvalue weighted by Gasteiger charge is 2.93. The van der Waals surface area contributed by atoms with E-state index >= 15 is 0 Å². The van der Waals surface area contributed by atoms with Gasteiger partial charge in [0.1, 0.15) is 5.82 Å². The first-order chi connectivity index (χ1) is 18.5. The molecule has 1 aromatic carbocycles. The number of benzene rings is 1. The van der Waals surface area contributed by atoms with Crippen LogP contribution in [0.4, 0.5) is 70.2 Å². The lowest BCUT2D eigenvalue weighted by molar-refractivity contribution is -0.450. The van der Waals surface area contributed by atoms with Gasteiger partial charge in [-0.3, -0.25) is 4.57 Å². The third-order valence-electron chi connectivity index (χ3n) is 5.78. The number of para-hydroxylation sites is 1. The molecule has 0 aliphatic heterocycles. The van der Waals surface area contributed by atoms with Gasteiger partial charge in [-0.25, -0.2) is 9.37 Å². The molecule has 2 heterocycles. The van der Waals surface area contributed by atoms with Crippen molar-refractivity contribution in [3.05, 3.63) is 72.3 Å². The lowest BCUT2D eigenvalue weighted by Gasteiger charge is -2.41. The molecule has 0 fully saturated rings. The van der Waals surface area contributed by atoms with Crippen LogP contribution < -0.4 is 0 Å². The first-order valence-electron chi connectivity index (χ1n) is 10.7. The van der Waals surface area contributed by atoms with Crippen LogP contribution in [0.1, 0.15) is 5.69 Å². The van der Waals surface area contributed by atoms with E-state index in [-0.39, 0.29) is 17.0 Å². The van der Waals surface area contributed by atoms with Crippen LogP contribution in [0.25, 0.3) is 16.7 Å². The van der Waals surface area contributed by atoms with Gasteiger partial charge in [0.15, 0.2) is 5.83 Å². The first-order valence-corrected chi connectivity index (χ1v) is 10.7. The minimum Gasteiger partial charge on any atom is -0.298 e. The standard InChI is InChI=1S/C23H12F16N2/c24-15(9-8-13-11-12-5-1-2-6-14(12)41(13)16-7-3-4-10-40-16)17(25,26)18(27,28)19(29,30)20(31,32)21(33,34)22(35,36)23(37,38)39/h1-7,9-11H,8H2/b15-9-. The number of hydrogen-bond donors (Lipinski definition) is 0. The van der Waals surface area contributed by atoms with E-state index in [4.69, 9.17) is 0 Å². The predicted molar refractivity (Wildman–Crippen MR) is 110 cm³/mol. The summed E-state index contributed by atoms with van der Waals surface area (Å²) in [6.07, 6.45) is -8.16. The number of allylic oxidation sites excluding steroid dienone is 2. The molecule has 0 unspecified atom stereocenters. The summed E-state index contributed by atoms with van der Waals surface area (Å²) in [6, 6.07) is 11.3. The van der Waals surface area contributed by atoms with E-state index in [1.54, 1.807) is 0 Å². The topological polar surface area (TPSA) is 17.8 Å². The predicted octanol–water partition coefficient (Wildman–Crippen LogP) is 8.80. The van der Waals surface area contributed by atoms with Crippen molar-refractivity contribution in [3.8, 4) is 5.82 Å². The van der Waals surface area contributed by atoms with E-state index in [9.17, 15) is 70.2 Å². The monoisotopic (exact) mass is 620 g/mol. The van der Waals surface area contributed by atoms with Crippen LogP contribution in [0.2, 0.25) is 0 Å². The second-order valence-electron chi connectivity index (χ2n) is 8.42. The summed E-state index contributed by atoms with van der Waals surface area (Å²) >= 11 is 0. The Hall–Kier alpha value is -3.47. The number of alkyl halides is 15. The molecule has 226 valence electrons. The molecule has 0 saturated carbocycles. The highest BCUT2D eigenvalue weighted by atomic mass is 19.4. The maximum Gasteiger partial charge on any atom is 0.460 e. The van der Waals surface area contributed by atoms with Crippen LogP contribution in [-0.4, -0.2) is 51.3 Å². The fraction of sp³-hybridized carbons (Fsp3) is 0.348. The van der Waals surface area contributed by atoms with Gasteiger partial charge in [0.2, 0.25) is 0 Å². The van der Waals surface area contributed by atoms with E-state index in [0.717, 1.165) is 4.57 Å². The fourth-order valence-corrected chi connectivity index (χ4v) is 3.56. The molecule has 18 heteroatoms. The lowest BCUT2D eigenvalue weighted by Crippen LogP contribution is -2.72. The zero-order valence-corrected chi connectivity index (χ0v) is 19.4. The minimum atomic E-state index is -8.49. The molecular formula is C23H12F16N2. The number of halogens is 16. The molecule has 0 spiro atoms. The molecule has 41 heavy (non-hydrogen) atoms. The average Bonchev–Trinajstić information content (AvgIpc) is 3.24. The number of pyridine rings is 1. The highest BCUT2D eigenvalue weighted by Crippen LogP contribution is 2.63. The molecular weight excluding hydrogens is 608 g/mol. The van der Waals surface area contributed by atoms with Crippen LogP contribution in [0, 0.1) is 0 Å². The van der Waals surface area contributed by atoms with Gasteiger partial charge < -0.3 is 0 Å². The Labute approximate surface area is 217 Å². The smallest absolute Gasteiger partial charge is 0.298 e. The van der Waals surface area contributed by atoms with Crippen LogP contribution in [0.5, 0.6) is 0 Å². The lowest BCUT2D eigenvalue weighted by atomic mass is 9.90. The molecule has 0 radical (unpaired) electrons. The molecule has 2 nitrogen and oxygen atoms in total. The van der Waals surface area contributed by atoms with Crippen LogP contribution >= 0.6 is 0 Å². The summed E-state index contributed by atoms with van der Waals surface area (Å²) in [6.45, 7) is 0. The molecule has 3 aromatic rings. The molecule has 2 aromatic heterocycles. The normalized spacial score (nSPS) is 15.1. The van der Waals surface area contributed by atoms with Crippen molar-refractivity contribution in [2.24, 2.45) is 0 Å². The Balaban J connectivity index is 2.05. The van der Waals surface area contributed by atoms with Crippen LogP contribution in [0.3, 0.4) is 0 Å². The van der Waals surface area contributed by atoms with E-state index in [2.05, 4.69) is 4.98 Å². The molecule has 3 rings (SSSR count). The summed E-state index contributed by atoms with van der Waals surface area (Å²) in [5.74, 6) is -52.0. The summed E-state index contributed by atoms with van der Waals surface area (Å²) in [7, 11) is 0. The maximum absolute atomic E-state index is 14.3. The Kier molecular flexibility index (Phi) is 7.68. The number of aromatic nitrogens is 2. The number of rotatable bonds is 9. The Morgan fingerprint density at radius 1 is 0.659 bits per heavy atom. The zero-order valence-electron chi connectivity index (χ0n) is 19.4. The SMILES string of the molecule is F/C(=C\Cc1cc2ccccc2n1-c1ccccn1)C(F)(F)C(F)(F)C(F)(F)C(F)(F)C(F)(F)C(F)(F)C(F)(F)F. The average molecular weight is 620 g/mol. The highest BCUT2D eigenvalue weighted by molar-refractivity contribution is 5.83. The van der Waals surface area contributed by atoms with Gasteiger partial charge in [0.05, 0.1) is 5.52 Å². The van der Waals surface area contributed by atoms with Crippen molar-refractivity contribution in [1.29, 1.82) is 0 Å². The molecule has 0 saturated heterocycles. The summed E-state index contributed by atoms with van der Waals surface area (Å²) in [5.41, 5.74) is 0.0544. The van der Waals surface area contributed by atoms with Gasteiger partial charge in [-0.15, -0.1) is 0 Å². The largest absolute Gasteiger partial charge is 0.460 e. The van der Waals surface area contributed by atoms with Gasteiger partial charge in [0, 0.05) is 23.7 Å². The summed E-state index contributed by atoms with van der Waals surface area (Å²) in [5, 5.41) is 0.332. The Morgan fingerprint density at radius 2 is 1.17 bits per heavy atom. The van der Waals surface area contributed by atoms with E-state index in [0.29, 0.717) is 5.39 Å². The third-order valence-corrected chi connectivity index (χ3v) is 5.78. The van der Waals surface area contributed by atoms with Crippen LogP contribution in [-0.2, 0) is 6.42 Å².